The van der Waals surface area contributed by atoms with E-state index < -0.39 is 12.7 Å². The van der Waals surface area contributed by atoms with Crippen LogP contribution >= 0.6 is 11.3 Å². The Morgan fingerprint density at radius 1 is 1.48 bits per heavy atom. The van der Waals surface area contributed by atoms with E-state index in [2.05, 4.69) is 34.5 Å². The normalized spacial score (nSPS) is 19.6. The second kappa shape index (κ2) is 8.84. The molecule has 25 heavy (non-hydrogen) atoms. The van der Waals surface area contributed by atoms with E-state index in [-0.39, 0.29) is 6.04 Å². The van der Waals surface area contributed by atoms with Crippen LogP contribution in [0.25, 0.3) is 0 Å². The van der Waals surface area contributed by atoms with Crippen molar-refractivity contribution in [2.75, 3.05) is 26.2 Å². The molecular formula is C16H26F3N5S. The number of thiazole rings is 1. The fraction of sp³-hybridized carbons (Fsp3) is 0.750. The van der Waals surface area contributed by atoms with Crippen molar-refractivity contribution in [2.24, 2.45) is 4.99 Å². The van der Waals surface area contributed by atoms with Crippen molar-refractivity contribution in [2.45, 2.75) is 51.9 Å². The maximum atomic E-state index is 12.5. The minimum absolute atomic E-state index is 0.0253. The summed E-state index contributed by atoms with van der Waals surface area (Å²) >= 11 is 1.58. The average molecular weight is 377 g/mol. The molecule has 2 heterocycles. The molecule has 1 aromatic heterocycles. The zero-order valence-electron chi connectivity index (χ0n) is 14.9. The van der Waals surface area contributed by atoms with Gasteiger partial charge >= 0.3 is 6.18 Å². The Morgan fingerprint density at radius 2 is 2.24 bits per heavy atom. The summed E-state index contributed by atoms with van der Waals surface area (Å²) in [6.07, 6.45) is -3.47. The van der Waals surface area contributed by atoms with Crippen molar-refractivity contribution in [3.05, 3.63) is 16.1 Å². The number of halogens is 3. The fourth-order valence-corrected chi connectivity index (χ4v) is 3.55. The maximum Gasteiger partial charge on any atom is 0.401 e. The molecule has 1 aromatic rings. The van der Waals surface area contributed by atoms with Gasteiger partial charge in [0.1, 0.15) is 5.01 Å². The number of hydrogen-bond donors (Lipinski definition) is 2. The lowest BCUT2D eigenvalue weighted by Crippen LogP contribution is -2.45. The van der Waals surface area contributed by atoms with Crippen LogP contribution in [0.1, 0.15) is 43.8 Å². The van der Waals surface area contributed by atoms with Crippen LogP contribution in [0.2, 0.25) is 0 Å². The highest BCUT2D eigenvalue weighted by Crippen LogP contribution is 2.20. The highest BCUT2D eigenvalue weighted by Gasteiger charge is 2.34. The Labute approximate surface area is 150 Å². The third-order valence-electron chi connectivity index (χ3n) is 3.89. The molecule has 1 aliphatic rings. The number of rotatable bonds is 6. The molecule has 2 N–H and O–H groups in total. The second-order valence-electron chi connectivity index (χ2n) is 6.50. The zero-order valence-corrected chi connectivity index (χ0v) is 15.7. The predicted molar refractivity (Wildman–Crippen MR) is 95.1 cm³/mol. The lowest BCUT2D eigenvalue weighted by atomic mass is 10.2. The molecular weight excluding hydrogens is 351 g/mol. The number of aromatic nitrogens is 1. The van der Waals surface area contributed by atoms with E-state index >= 15 is 0 Å². The third-order valence-corrected chi connectivity index (χ3v) is 4.75. The molecule has 5 nitrogen and oxygen atoms in total. The summed E-state index contributed by atoms with van der Waals surface area (Å²) < 4.78 is 37.4. The zero-order chi connectivity index (χ0) is 18.4. The molecule has 9 heteroatoms. The molecule has 0 aromatic carbocycles. The van der Waals surface area contributed by atoms with Crippen LogP contribution in [0.4, 0.5) is 13.2 Å². The Balaban J connectivity index is 1.89. The molecule has 1 unspecified atom stereocenters. The largest absolute Gasteiger partial charge is 0.401 e. The van der Waals surface area contributed by atoms with Crippen LogP contribution < -0.4 is 10.6 Å². The molecule has 0 radical (unpaired) electrons. The molecule has 0 saturated carbocycles. The smallest absolute Gasteiger partial charge is 0.357 e. The Hall–Kier alpha value is -1.35. The summed E-state index contributed by atoms with van der Waals surface area (Å²) in [6.45, 7) is 7.28. The molecule has 0 amide bonds. The lowest BCUT2D eigenvalue weighted by molar-refractivity contribution is -0.143. The van der Waals surface area contributed by atoms with Crippen molar-refractivity contribution in [1.29, 1.82) is 0 Å². The van der Waals surface area contributed by atoms with Gasteiger partial charge in [-0.3, -0.25) is 4.90 Å². The van der Waals surface area contributed by atoms with Crippen molar-refractivity contribution < 1.29 is 13.2 Å². The number of hydrogen-bond acceptors (Lipinski definition) is 4. The van der Waals surface area contributed by atoms with Crippen molar-refractivity contribution in [3.8, 4) is 0 Å². The van der Waals surface area contributed by atoms with E-state index in [1.165, 1.54) is 4.90 Å². The number of nitrogens with zero attached hydrogens (tertiary/aromatic N) is 3. The molecule has 0 bridgehead atoms. The topological polar surface area (TPSA) is 52.6 Å². The molecule has 1 atom stereocenters. The van der Waals surface area contributed by atoms with Gasteiger partial charge in [-0.1, -0.05) is 13.8 Å². The van der Waals surface area contributed by atoms with Crippen molar-refractivity contribution in [3.63, 3.8) is 0 Å². The Morgan fingerprint density at radius 3 is 2.84 bits per heavy atom. The van der Waals surface area contributed by atoms with Crippen molar-refractivity contribution in [1.82, 2.24) is 20.5 Å². The minimum Gasteiger partial charge on any atom is -0.357 e. The minimum atomic E-state index is -4.15. The fourth-order valence-electron chi connectivity index (χ4n) is 2.67. The van der Waals surface area contributed by atoms with E-state index in [4.69, 9.17) is 0 Å². The molecule has 1 aliphatic heterocycles. The number of likely N-dealkylation sites (tertiary alicyclic amines) is 1. The van der Waals surface area contributed by atoms with Crippen LogP contribution in [0.5, 0.6) is 0 Å². The van der Waals surface area contributed by atoms with Crippen LogP contribution in [0.15, 0.2) is 10.4 Å². The summed E-state index contributed by atoms with van der Waals surface area (Å²) in [5.74, 6) is 1.01. The van der Waals surface area contributed by atoms with Crippen LogP contribution in [-0.2, 0) is 6.54 Å². The number of nitrogens with one attached hydrogen (secondary N) is 2. The summed E-state index contributed by atoms with van der Waals surface area (Å²) in [7, 11) is 0. The summed E-state index contributed by atoms with van der Waals surface area (Å²) in [5.41, 5.74) is 1.06. The summed E-state index contributed by atoms with van der Waals surface area (Å²) in [6, 6.07) is -0.0253. The first-order valence-electron chi connectivity index (χ1n) is 8.55. The number of guanidine groups is 1. The van der Waals surface area contributed by atoms with E-state index in [0.717, 1.165) is 10.7 Å². The Bertz CT molecular complexity index is 570. The quantitative estimate of drug-likeness (QED) is 0.591. The molecule has 0 aliphatic carbocycles. The van der Waals surface area contributed by atoms with E-state index in [0.29, 0.717) is 44.5 Å². The van der Waals surface area contributed by atoms with Gasteiger partial charge in [-0.15, -0.1) is 11.3 Å². The second-order valence-corrected chi connectivity index (χ2v) is 7.44. The third kappa shape index (κ3) is 6.81. The number of aliphatic imine (C=N–C) groups is 1. The lowest BCUT2D eigenvalue weighted by Gasteiger charge is -2.19. The van der Waals surface area contributed by atoms with Gasteiger partial charge in [0.2, 0.25) is 0 Å². The first kappa shape index (κ1) is 20.0. The monoisotopic (exact) mass is 377 g/mol. The van der Waals surface area contributed by atoms with Crippen LogP contribution in [0, 0.1) is 0 Å². The van der Waals surface area contributed by atoms with Gasteiger partial charge in [0.15, 0.2) is 5.96 Å². The van der Waals surface area contributed by atoms with Gasteiger partial charge < -0.3 is 10.6 Å². The van der Waals surface area contributed by atoms with Crippen LogP contribution in [-0.4, -0.2) is 54.2 Å². The van der Waals surface area contributed by atoms with Gasteiger partial charge in [-0.25, -0.2) is 9.98 Å². The van der Waals surface area contributed by atoms with Crippen molar-refractivity contribution >= 4 is 17.3 Å². The summed E-state index contributed by atoms with van der Waals surface area (Å²) in [5, 5.41) is 9.37. The molecule has 142 valence electrons. The Kier molecular flexibility index (Phi) is 7.06. The first-order valence-corrected chi connectivity index (χ1v) is 9.43. The molecule has 2 rings (SSSR count). The standard InChI is InChI=1S/C16H26F3N5S/c1-4-20-15(21-7-14-23-13(9-25-14)11(2)3)22-12-5-6-24(8-12)10-16(17,18)19/h9,11-12H,4-8,10H2,1-3H3,(H2,20,21,22). The predicted octanol–water partition coefficient (Wildman–Crippen LogP) is 2.96. The van der Waals surface area contributed by atoms with Gasteiger partial charge in [-0.05, 0) is 19.3 Å². The first-order chi connectivity index (χ1) is 11.8. The highest BCUT2D eigenvalue weighted by molar-refractivity contribution is 7.09. The molecule has 1 fully saturated rings. The van der Waals surface area contributed by atoms with Gasteiger partial charge in [0.25, 0.3) is 0 Å². The van der Waals surface area contributed by atoms with Gasteiger partial charge in [0.05, 0.1) is 18.8 Å². The van der Waals surface area contributed by atoms with Gasteiger partial charge in [0, 0.05) is 31.1 Å². The van der Waals surface area contributed by atoms with E-state index in [1.807, 2.05) is 12.3 Å². The molecule has 1 saturated heterocycles. The van der Waals surface area contributed by atoms with E-state index in [1.54, 1.807) is 11.3 Å². The average Bonchev–Trinajstić information content (AvgIpc) is 3.13. The maximum absolute atomic E-state index is 12.5. The SMILES string of the molecule is CCNC(=NCc1nc(C(C)C)cs1)NC1CCN(CC(F)(F)F)C1. The van der Waals surface area contributed by atoms with Crippen LogP contribution in [0.3, 0.4) is 0 Å². The molecule has 0 spiro atoms. The van der Waals surface area contributed by atoms with E-state index in [9.17, 15) is 13.2 Å². The summed E-state index contributed by atoms with van der Waals surface area (Å²) in [4.78, 5) is 10.5. The van der Waals surface area contributed by atoms with Gasteiger partial charge in [-0.2, -0.15) is 13.2 Å². The number of alkyl halides is 3. The highest BCUT2D eigenvalue weighted by atomic mass is 32.1.